The lowest BCUT2D eigenvalue weighted by atomic mass is 9.89. The van der Waals surface area contributed by atoms with Crippen LogP contribution in [0, 0.1) is 0 Å². The summed E-state index contributed by atoms with van der Waals surface area (Å²) in [6, 6.07) is 9.53. The molecule has 0 spiro atoms. The maximum absolute atomic E-state index is 12.3. The van der Waals surface area contributed by atoms with E-state index in [9.17, 15) is 9.59 Å². The Morgan fingerprint density at radius 2 is 1.76 bits per heavy atom. The van der Waals surface area contributed by atoms with Gasteiger partial charge in [-0.25, -0.2) is 9.78 Å². The summed E-state index contributed by atoms with van der Waals surface area (Å²) in [4.78, 5) is 31.0. The molecule has 8 nitrogen and oxygen atoms in total. The van der Waals surface area contributed by atoms with Gasteiger partial charge in [-0.1, -0.05) is 12.1 Å². The Hall–Kier alpha value is -3.29. The van der Waals surface area contributed by atoms with Gasteiger partial charge in [-0.3, -0.25) is 4.79 Å². The summed E-state index contributed by atoms with van der Waals surface area (Å²) in [5.41, 5.74) is 1.24. The molecule has 184 valence electrons. The van der Waals surface area contributed by atoms with Crippen LogP contribution in [0.2, 0.25) is 0 Å². The van der Waals surface area contributed by atoms with Crippen LogP contribution >= 0.6 is 0 Å². The van der Waals surface area contributed by atoms with E-state index in [1.165, 1.54) is 6.92 Å². The number of Topliss-reactive ketones (excluding diaryl/α,β-unsaturated/α-hetero) is 1. The Morgan fingerprint density at radius 3 is 2.32 bits per heavy atom. The number of methoxy groups -OCH3 is 1. The number of hydrogen-bond acceptors (Lipinski definition) is 7. The third-order valence-corrected chi connectivity index (χ3v) is 5.75. The Kier molecular flexibility index (Phi) is 7.69. The highest BCUT2D eigenvalue weighted by atomic mass is 16.6. The van der Waals surface area contributed by atoms with Crippen molar-refractivity contribution in [2.75, 3.05) is 25.1 Å². The lowest BCUT2D eigenvalue weighted by Crippen LogP contribution is -2.54. The van der Waals surface area contributed by atoms with Crippen molar-refractivity contribution >= 4 is 17.6 Å². The number of ether oxygens (including phenoxy) is 3. The van der Waals surface area contributed by atoms with Crippen molar-refractivity contribution in [3.05, 3.63) is 47.8 Å². The number of carbonyl (C=O) groups is 2. The van der Waals surface area contributed by atoms with Gasteiger partial charge in [0, 0.05) is 31.6 Å². The summed E-state index contributed by atoms with van der Waals surface area (Å²) in [7, 11) is 1.63. The van der Waals surface area contributed by atoms with Crippen LogP contribution in [0.5, 0.6) is 11.5 Å². The molecule has 8 heteroatoms. The van der Waals surface area contributed by atoms with Gasteiger partial charge in [0.2, 0.25) is 0 Å². The first-order chi connectivity index (χ1) is 16.0. The topological polar surface area (TPSA) is 90.0 Å². The standard InChI is InChI=1S/C26H35N3O5/c1-18(30)23-22(15-21(16-27-23)33-17-19-7-9-20(32-6)10-8-19)29-13-11-26(5,12-14-29)28-24(31)34-25(2,3)4/h7-10,15-16H,11-14,17H2,1-6H3,(H,28,31). The first kappa shape index (κ1) is 25.3. The van der Waals surface area contributed by atoms with Crippen LogP contribution in [0.3, 0.4) is 0 Å². The van der Waals surface area contributed by atoms with E-state index in [4.69, 9.17) is 14.2 Å². The number of aromatic nitrogens is 1. The molecule has 1 amide bonds. The summed E-state index contributed by atoms with van der Waals surface area (Å²) < 4.78 is 16.6. The maximum atomic E-state index is 12.3. The highest BCUT2D eigenvalue weighted by molar-refractivity contribution is 5.98. The number of nitrogens with one attached hydrogen (secondary N) is 1. The third-order valence-electron chi connectivity index (χ3n) is 5.75. The molecule has 2 heterocycles. The molecule has 34 heavy (non-hydrogen) atoms. The first-order valence-corrected chi connectivity index (χ1v) is 11.5. The van der Waals surface area contributed by atoms with Crippen LogP contribution in [0.1, 0.15) is 63.5 Å². The zero-order chi connectivity index (χ0) is 24.9. The molecule has 1 aliphatic rings. The van der Waals surface area contributed by atoms with Gasteiger partial charge in [-0.2, -0.15) is 0 Å². The predicted molar refractivity (Wildman–Crippen MR) is 131 cm³/mol. The van der Waals surface area contributed by atoms with Crippen LogP contribution in [0.25, 0.3) is 0 Å². The molecule has 1 saturated heterocycles. The third kappa shape index (κ3) is 6.85. The highest BCUT2D eigenvalue weighted by Gasteiger charge is 2.34. The quantitative estimate of drug-likeness (QED) is 0.585. The van der Waals surface area contributed by atoms with Crippen molar-refractivity contribution < 1.29 is 23.8 Å². The number of hydrogen-bond donors (Lipinski definition) is 1. The number of nitrogens with zero attached hydrogens (tertiary/aromatic N) is 2. The molecular weight excluding hydrogens is 434 g/mol. The SMILES string of the molecule is COc1ccc(COc2cnc(C(C)=O)c(N3CCC(C)(NC(=O)OC(C)(C)C)CC3)c2)cc1. The summed E-state index contributed by atoms with van der Waals surface area (Å²) in [5, 5.41) is 3.02. The fourth-order valence-electron chi connectivity index (χ4n) is 3.83. The van der Waals surface area contributed by atoms with Crippen molar-refractivity contribution in [2.24, 2.45) is 0 Å². The lowest BCUT2D eigenvalue weighted by molar-refractivity contribution is 0.0448. The number of ketones is 1. The predicted octanol–water partition coefficient (Wildman–Crippen LogP) is 4.76. The molecule has 0 aliphatic carbocycles. The number of alkyl carbamates (subject to hydrolysis) is 1. The average molecular weight is 470 g/mol. The van der Waals surface area contributed by atoms with Gasteiger partial charge in [0.05, 0.1) is 19.0 Å². The Balaban J connectivity index is 1.68. The monoisotopic (exact) mass is 469 g/mol. The number of amides is 1. The number of rotatable bonds is 7. The van der Waals surface area contributed by atoms with E-state index in [1.54, 1.807) is 13.3 Å². The van der Waals surface area contributed by atoms with E-state index in [2.05, 4.69) is 15.2 Å². The van der Waals surface area contributed by atoms with Crippen LogP contribution in [0.15, 0.2) is 36.5 Å². The normalized spacial score (nSPS) is 15.4. The van der Waals surface area contributed by atoms with Gasteiger partial charge < -0.3 is 24.4 Å². The van der Waals surface area contributed by atoms with Gasteiger partial charge >= 0.3 is 6.09 Å². The number of piperidine rings is 1. The van der Waals surface area contributed by atoms with Crippen LogP contribution < -0.4 is 19.7 Å². The molecule has 0 radical (unpaired) electrons. The summed E-state index contributed by atoms with van der Waals surface area (Å²) in [6.45, 7) is 10.8. The van der Waals surface area contributed by atoms with E-state index in [-0.39, 0.29) is 11.3 Å². The maximum Gasteiger partial charge on any atom is 0.408 e. The Labute approximate surface area is 201 Å². The van der Waals surface area contributed by atoms with E-state index < -0.39 is 11.7 Å². The summed E-state index contributed by atoms with van der Waals surface area (Å²) in [6.07, 6.45) is 2.59. The van der Waals surface area contributed by atoms with Crippen molar-refractivity contribution in [3.63, 3.8) is 0 Å². The smallest absolute Gasteiger partial charge is 0.408 e. The Bertz CT molecular complexity index is 1010. The lowest BCUT2D eigenvalue weighted by Gasteiger charge is -2.41. The summed E-state index contributed by atoms with van der Waals surface area (Å²) in [5.74, 6) is 1.28. The molecule has 3 rings (SSSR count). The minimum atomic E-state index is -0.546. The molecule has 1 fully saturated rings. The fourth-order valence-corrected chi connectivity index (χ4v) is 3.83. The summed E-state index contributed by atoms with van der Waals surface area (Å²) >= 11 is 0. The highest BCUT2D eigenvalue weighted by Crippen LogP contribution is 2.31. The average Bonchev–Trinajstić information content (AvgIpc) is 2.76. The van der Waals surface area contributed by atoms with Crippen LogP contribution in [-0.2, 0) is 11.3 Å². The number of benzene rings is 1. The molecule has 0 atom stereocenters. The first-order valence-electron chi connectivity index (χ1n) is 11.5. The second-order valence-electron chi connectivity index (χ2n) is 9.91. The van der Waals surface area contributed by atoms with Gasteiger partial charge in [0.1, 0.15) is 29.4 Å². The van der Waals surface area contributed by atoms with Crippen molar-refractivity contribution in [1.29, 1.82) is 0 Å². The molecule has 0 bridgehead atoms. The largest absolute Gasteiger partial charge is 0.497 e. The molecule has 0 unspecified atom stereocenters. The van der Waals surface area contributed by atoms with Crippen molar-refractivity contribution in [2.45, 2.75) is 65.2 Å². The zero-order valence-electron chi connectivity index (χ0n) is 20.9. The van der Waals surface area contributed by atoms with Gasteiger partial charge in [0.15, 0.2) is 5.78 Å². The van der Waals surface area contributed by atoms with Crippen LogP contribution in [-0.4, -0.2) is 48.2 Å². The second kappa shape index (κ2) is 10.3. The molecule has 2 aromatic rings. The van der Waals surface area contributed by atoms with Crippen molar-refractivity contribution in [3.8, 4) is 11.5 Å². The minimum Gasteiger partial charge on any atom is -0.497 e. The second-order valence-corrected chi connectivity index (χ2v) is 9.91. The van der Waals surface area contributed by atoms with Crippen LogP contribution in [0.4, 0.5) is 10.5 Å². The molecule has 1 aromatic carbocycles. The zero-order valence-corrected chi connectivity index (χ0v) is 20.9. The molecule has 1 N–H and O–H groups in total. The number of anilines is 1. The molecule has 0 saturated carbocycles. The minimum absolute atomic E-state index is 0.100. The molecule has 1 aliphatic heterocycles. The van der Waals surface area contributed by atoms with Gasteiger partial charge in [-0.05, 0) is 58.2 Å². The van der Waals surface area contributed by atoms with E-state index >= 15 is 0 Å². The van der Waals surface area contributed by atoms with Gasteiger partial charge in [0.25, 0.3) is 0 Å². The molecule has 1 aromatic heterocycles. The fraction of sp³-hybridized carbons (Fsp3) is 0.500. The molecular formula is C26H35N3O5. The number of pyridine rings is 1. The van der Waals surface area contributed by atoms with E-state index in [0.29, 0.717) is 44.0 Å². The van der Waals surface area contributed by atoms with Crippen molar-refractivity contribution in [1.82, 2.24) is 10.3 Å². The Morgan fingerprint density at radius 1 is 1.12 bits per heavy atom. The van der Waals surface area contributed by atoms with Gasteiger partial charge in [-0.15, -0.1) is 0 Å². The van der Waals surface area contributed by atoms with E-state index in [1.807, 2.05) is 58.0 Å². The number of carbonyl (C=O) groups excluding carboxylic acids is 2. The van der Waals surface area contributed by atoms with E-state index in [0.717, 1.165) is 17.0 Å².